The molecule has 0 saturated heterocycles. The first-order valence-corrected chi connectivity index (χ1v) is 7.40. The number of aromatic nitrogens is 4. The summed E-state index contributed by atoms with van der Waals surface area (Å²) < 4.78 is 0. The van der Waals surface area contributed by atoms with E-state index >= 15 is 0 Å². The standard InChI is InChI=1S/C17H13N5O2/c23-16(18-12-5-6-14-15(9-12)21-22-20-14)8-11-7-10-3-1-2-4-13(10)19-17(11)24/h1-7,9H,8H2,(H,18,23)(H,19,24)(H,20,21,22). The van der Waals surface area contributed by atoms with Crippen LogP contribution in [0.3, 0.4) is 0 Å². The van der Waals surface area contributed by atoms with E-state index in [4.69, 9.17) is 0 Å². The van der Waals surface area contributed by atoms with Gasteiger partial charge in [0.2, 0.25) is 5.91 Å². The molecule has 0 aliphatic carbocycles. The van der Waals surface area contributed by atoms with Gasteiger partial charge in [-0.25, -0.2) is 0 Å². The van der Waals surface area contributed by atoms with Crippen LogP contribution in [-0.2, 0) is 11.2 Å². The first-order valence-electron chi connectivity index (χ1n) is 7.40. The molecule has 0 fully saturated rings. The fourth-order valence-electron chi connectivity index (χ4n) is 2.62. The summed E-state index contributed by atoms with van der Waals surface area (Å²) in [6.07, 6.45) is -0.00296. The molecule has 118 valence electrons. The zero-order valence-corrected chi connectivity index (χ0v) is 12.5. The molecule has 2 heterocycles. The van der Waals surface area contributed by atoms with E-state index in [-0.39, 0.29) is 17.9 Å². The SMILES string of the molecule is O=C(Cc1cc2ccccc2[nH]c1=O)Nc1ccc2n[nH]nc2c1. The molecular formula is C17H13N5O2. The minimum absolute atomic E-state index is 0.00296. The molecule has 1 amide bonds. The fourth-order valence-corrected chi connectivity index (χ4v) is 2.62. The van der Waals surface area contributed by atoms with Crippen LogP contribution in [0, 0.1) is 0 Å². The zero-order chi connectivity index (χ0) is 16.5. The number of pyridine rings is 1. The fraction of sp³-hybridized carbons (Fsp3) is 0.0588. The number of fused-ring (bicyclic) bond motifs is 2. The van der Waals surface area contributed by atoms with Crippen LogP contribution in [-0.4, -0.2) is 26.3 Å². The lowest BCUT2D eigenvalue weighted by molar-refractivity contribution is -0.115. The summed E-state index contributed by atoms with van der Waals surface area (Å²) in [6, 6.07) is 14.4. The lowest BCUT2D eigenvalue weighted by Gasteiger charge is -2.06. The van der Waals surface area contributed by atoms with E-state index < -0.39 is 0 Å². The first kappa shape index (κ1) is 14.1. The van der Waals surface area contributed by atoms with Gasteiger partial charge in [0.05, 0.1) is 6.42 Å². The van der Waals surface area contributed by atoms with Gasteiger partial charge in [-0.15, -0.1) is 0 Å². The number of anilines is 1. The van der Waals surface area contributed by atoms with Crippen molar-refractivity contribution >= 4 is 33.5 Å². The average Bonchev–Trinajstić information content (AvgIpc) is 3.03. The summed E-state index contributed by atoms with van der Waals surface area (Å²) >= 11 is 0. The molecule has 0 radical (unpaired) electrons. The maximum Gasteiger partial charge on any atom is 0.252 e. The summed E-state index contributed by atoms with van der Waals surface area (Å²) in [5, 5.41) is 14.1. The quantitative estimate of drug-likeness (QED) is 0.537. The molecule has 7 nitrogen and oxygen atoms in total. The molecule has 24 heavy (non-hydrogen) atoms. The van der Waals surface area contributed by atoms with Gasteiger partial charge in [-0.3, -0.25) is 9.59 Å². The van der Waals surface area contributed by atoms with Gasteiger partial charge in [0.1, 0.15) is 11.0 Å². The zero-order valence-electron chi connectivity index (χ0n) is 12.5. The van der Waals surface area contributed by atoms with Crippen molar-refractivity contribution in [1.29, 1.82) is 0 Å². The van der Waals surface area contributed by atoms with Crippen molar-refractivity contribution in [3.63, 3.8) is 0 Å². The second kappa shape index (κ2) is 5.62. The van der Waals surface area contributed by atoms with E-state index in [2.05, 4.69) is 25.7 Å². The summed E-state index contributed by atoms with van der Waals surface area (Å²) in [4.78, 5) is 27.1. The van der Waals surface area contributed by atoms with Crippen molar-refractivity contribution in [3.05, 3.63) is 64.4 Å². The number of aromatic amines is 2. The van der Waals surface area contributed by atoms with Gasteiger partial charge < -0.3 is 10.3 Å². The Balaban J connectivity index is 1.57. The van der Waals surface area contributed by atoms with Gasteiger partial charge in [0.25, 0.3) is 5.56 Å². The number of hydrogen-bond acceptors (Lipinski definition) is 4. The van der Waals surface area contributed by atoms with Gasteiger partial charge in [-0.1, -0.05) is 18.2 Å². The second-order valence-corrected chi connectivity index (χ2v) is 5.46. The number of benzene rings is 2. The first-order chi connectivity index (χ1) is 11.7. The third kappa shape index (κ3) is 2.63. The Morgan fingerprint density at radius 3 is 2.79 bits per heavy atom. The lowest BCUT2D eigenvalue weighted by atomic mass is 10.1. The molecule has 4 aromatic rings. The van der Waals surface area contributed by atoms with Crippen LogP contribution >= 0.6 is 0 Å². The minimum atomic E-state index is -0.265. The van der Waals surface area contributed by atoms with E-state index in [0.29, 0.717) is 16.8 Å². The van der Waals surface area contributed by atoms with E-state index in [1.807, 2.05) is 24.3 Å². The Labute approximate surface area is 135 Å². The Morgan fingerprint density at radius 2 is 1.88 bits per heavy atom. The number of para-hydroxylation sites is 1. The normalized spacial score (nSPS) is 11.0. The summed E-state index contributed by atoms with van der Waals surface area (Å²) in [5.74, 6) is -0.265. The maximum absolute atomic E-state index is 12.2. The Bertz CT molecular complexity index is 1110. The maximum atomic E-state index is 12.2. The molecule has 0 aliphatic rings. The highest BCUT2D eigenvalue weighted by Gasteiger charge is 2.10. The number of rotatable bonds is 3. The largest absolute Gasteiger partial charge is 0.326 e. The van der Waals surface area contributed by atoms with Crippen molar-refractivity contribution < 1.29 is 4.79 Å². The number of nitrogens with one attached hydrogen (secondary N) is 3. The molecule has 0 saturated carbocycles. The number of nitrogens with zero attached hydrogens (tertiary/aromatic N) is 2. The topological polar surface area (TPSA) is 104 Å². The van der Waals surface area contributed by atoms with Crippen LogP contribution in [0.25, 0.3) is 21.9 Å². The van der Waals surface area contributed by atoms with Gasteiger partial charge in [-0.05, 0) is 35.7 Å². The van der Waals surface area contributed by atoms with Crippen molar-refractivity contribution in [3.8, 4) is 0 Å². The monoisotopic (exact) mass is 319 g/mol. The van der Waals surface area contributed by atoms with Crippen molar-refractivity contribution in [2.45, 2.75) is 6.42 Å². The van der Waals surface area contributed by atoms with Gasteiger partial charge in [0, 0.05) is 16.8 Å². The van der Waals surface area contributed by atoms with E-state index in [9.17, 15) is 9.59 Å². The highest BCUT2D eigenvalue weighted by molar-refractivity contribution is 5.94. The predicted octanol–water partition coefficient (Wildman–Crippen LogP) is 1.98. The van der Waals surface area contributed by atoms with Crippen LogP contribution in [0.2, 0.25) is 0 Å². The molecule has 3 N–H and O–H groups in total. The molecular weight excluding hydrogens is 306 g/mol. The summed E-state index contributed by atoms with van der Waals surface area (Å²) in [7, 11) is 0. The third-order valence-corrected chi connectivity index (χ3v) is 3.78. The van der Waals surface area contributed by atoms with E-state index in [1.165, 1.54) is 0 Å². The molecule has 0 unspecified atom stereocenters. The lowest BCUT2D eigenvalue weighted by Crippen LogP contribution is -2.21. The number of hydrogen-bond donors (Lipinski definition) is 3. The average molecular weight is 319 g/mol. The highest BCUT2D eigenvalue weighted by atomic mass is 16.2. The number of carbonyl (C=O) groups is 1. The Hall–Kier alpha value is -3.48. The third-order valence-electron chi connectivity index (χ3n) is 3.78. The molecule has 0 atom stereocenters. The number of amides is 1. The molecule has 2 aromatic carbocycles. The van der Waals surface area contributed by atoms with Crippen LogP contribution < -0.4 is 10.9 Å². The van der Waals surface area contributed by atoms with Crippen molar-refractivity contribution in [2.75, 3.05) is 5.32 Å². The van der Waals surface area contributed by atoms with E-state index in [0.717, 1.165) is 16.4 Å². The smallest absolute Gasteiger partial charge is 0.252 e. The molecule has 7 heteroatoms. The minimum Gasteiger partial charge on any atom is -0.326 e. The van der Waals surface area contributed by atoms with Gasteiger partial charge >= 0.3 is 0 Å². The Morgan fingerprint density at radius 1 is 1.04 bits per heavy atom. The van der Waals surface area contributed by atoms with Crippen molar-refractivity contribution in [1.82, 2.24) is 20.4 Å². The molecule has 2 aromatic heterocycles. The van der Waals surface area contributed by atoms with E-state index in [1.54, 1.807) is 24.3 Å². The molecule has 0 spiro atoms. The highest BCUT2D eigenvalue weighted by Crippen LogP contribution is 2.15. The van der Waals surface area contributed by atoms with Crippen LogP contribution in [0.4, 0.5) is 5.69 Å². The number of carbonyl (C=O) groups excluding carboxylic acids is 1. The van der Waals surface area contributed by atoms with Crippen LogP contribution in [0.5, 0.6) is 0 Å². The molecule has 0 bridgehead atoms. The predicted molar refractivity (Wildman–Crippen MR) is 90.8 cm³/mol. The summed E-state index contributed by atoms with van der Waals surface area (Å²) in [6.45, 7) is 0. The van der Waals surface area contributed by atoms with Gasteiger partial charge in [0.15, 0.2) is 0 Å². The van der Waals surface area contributed by atoms with Gasteiger partial charge in [-0.2, -0.15) is 15.4 Å². The Kier molecular flexibility index (Phi) is 3.31. The van der Waals surface area contributed by atoms with Crippen LogP contribution in [0.15, 0.2) is 53.3 Å². The summed E-state index contributed by atoms with van der Waals surface area (Å²) in [5.41, 5.74) is 2.92. The second-order valence-electron chi connectivity index (χ2n) is 5.46. The number of H-pyrrole nitrogens is 2. The molecule has 4 rings (SSSR count). The van der Waals surface area contributed by atoms with Crippen molar-refractivity contribution in [2.24, 2.45) is 0 Å². The van der Waals surface area contributed by atoms with Crippen LogP contribution in [0.1, 0.15) is 5.56 Å². The molecule has 0 aliphatic heterocycles.